The number of rotatable bonds is 7. The Morgan fingerprint density at radius 1 is 1.13 bits per heavy atom. The summed E-state index contributed by atoms with van der Waals surface area (Å²) in [4.78, 5) is 30.0. The fourth-order valence-corrected chi connectivity index (χ4v) is 4.04. The summed E-state index contributed by atoms with van der Waals surface area (Å²) < 4.78 is 6.80. The smallest absolute Gasteiger partial charge is 0.262 e. The second kappa shape index (κ2) is 9.19. The molecule has 0 fully saturated rings. The van der Waals surface area contributed by atoms with Crippen molar-refractivity contribution in [1.29, 1.82) is 0 Å². The van der Waals surface area contributed by atoms with E-state index < -0.39 is 0 Å². The third-order valence-corrected chi connectivity index (χ3v) is 5.64. The molecule has 0 bridgehead atoms. The number of carbonyl (C=O) groups excluding carboxylic acids is 1. The molecule has 0 atom stereocenters. The summed E-state index contributed by atoms with van der Waals surface area (Å²) in [5.74, 6) is 0.629. The molecule has 30 heavy (non-hydrogen) atoms. The van der Waals surface area contributed by atoms with Crippen LogP contribution in [0.2, 0.25) is 5.02 Å². The maximum absolute atomic E-state index is 13.1. The van der Waals surface area contributed by atoms with Gasteiger partial charge in [0.15, 0.2) is 5.16 Å². The number of carbonyl (C=O) groups is 1. The Bertz CT molecular complexity index is 1240. The van der Waals surface area contributed by atoms with E-state index in [4.69, 9.17) is 16.0 Å². The molecule has 1 N–H and O–H groups in total. The number of nitrogens with one attached hydrogen (secondary N) is 1. The van der Waals surface area contributed by atoms with Crippen molar-refractivity contribution in [3.05, 3.63) is 93.6 Å². The van der Waals surface area contributed by atoms with Gasteiger partial charge in [0, 0.05) is 5.02 Å². The molecule has 1 amide bonds. The van der Waals surface area contributed by atoms with Crippen LogP contribution in [0, 0.1) is 0 Å². The van der Waals surface area contributed by atoms with Crippen molar-refractivity contribution in [3.63, 3.8) is 0 Å². The highest BCUT2D eigenvalue weighted by atomic mass is 35.5. The van der Waals surface area contributed by atoms with Crippen molar-refractivity contribution in [3.8, 4) is 0 Å². The number of hydrogen-bond acceptors (Lipinski definition) is 5. The lowest BCUT2D eigenvalue weighted by molar-refractivity contribution is -0.118. The first-order valence-corrected chi connectivity index (χ1v) is 10.6. The van der Waals surface area contributed by atoms with Crippen molar-refractivity contribution in [2.24, 2.45) is 0 Å². The minimum Gasteiger partial charge on any atom is -0.467 e. The summed E-state index contributed by atoms with van der Waals surface area (Å²) in [6.45, 7) is 0.625. The van der Waals surface area contributed by atoms with Gasteiger partial charge in [-0.25, -0.2) is 4.98 Å². The van der Waals surface area contributed by atoms with E-state index in [9.17, 15) is 9.59 Å². The van der Waals surface area contributed by atoms with Crippen molar-refractivity contribution < 1.29 is 9.21 Å². The Kier molecular flexibility index (Phi) is 6.21. The predicted octanol–water partition coefficient (Wildman–Crippen LogP) is 4.10. The van der Waals surface area contributed by atoms with Gasteiger partial charge in [-0.2, -0.15) is 0 Å². The van der Waals surface area contributed by atoms with Crippen LogP contribution in [-0.2, 0) is 17.9 Å². The summed E-state index contributed by atoms with van der Waals surface area (Å²) >= 11 is 7.32. The topological polar surface area (TPSA) is 77.1 Å². The molecule has 2 aromatic carbocycles. The number of hydrogen-bond donors (Lipinski definition) is 1. The molecule has 6 nitrogen and oxygen atoms in total. The number of aromatic nitrogens is 2. The fourth-order valence-electron chi connectivity index (χ4n) is 3.00. The SMILES string of the molecule is O=C(CSc1nc2ccccc2c(=O)n1Cc1cccc(Cl)c1)NCc1ccco1. The minimum absolute atomic E-state index is 0.126. The molecule has 152 valence electrons. The summed E-state index contributed by atoms with van der Waals surface area (Å²) in [5.41, 5.74) is 1.33. The molecule has 0 saturated carbocycles. The van der Waals surface area contributed by atoms with Crippen LogP contribution in [-0.4, -0.2) is 21.2 Å². The first kappa shape index (κ1) is 20.3. The molecule has 0 aliphatic heterocycles. The molecule has 4 aromatic rings. The van der Waals surface area contributed by atoms with Crippen molar-refractivity contribution in [2.45, 2.75) is 18.2 Å². The minimum atomic E-state index is -0.173. The Labute approximate surface area is 181 Å². The summed E-state index contributed by atoms with van der Waals surface area (Å²) in [7, 11) is 0. The lowest BCUT2D eigenvalue weighted by Crippen LogP contribution is -2.27. The Morgan fingerprint density at radius 3 is 2.80 bits per heavy atom. The molecule has 0 saturated heterocycles. The quantitative estimate of drug-likeness (QED) is 0.346. The van der Waals surface area contributed by atoms with Crippen LogP contribution in [0.4, 0.5) is 0 Å². The molecule has 2 aromatic heterocycles. The third kappa shape index (κ3) is 4.75. The number of amides is 1. The molecule has 0 spiro atoms. The van der Waals surface area contributed by atoms with E-state index in [2.05, 4.69) is 10.3 Å². The van der Waals surface area contributed by atoms with Crippen LogP contribution >= 0.6 is 23.4 Å². The highest BCUT2D eigenvalue weighted by Crippen LogP contribution is 2.20. The summed E-state index contributed by atoms with van der Waals surface area (Å²) in [5, 5.41) is 4.41. The van der Waals surface area contributed by atoms with E-state index in [1.807, 2.05) is 30.3 Å². The largest absolute Gasteiger partial charge is 0.467 e. The molecule has 0 aliphatic rings. The van der Waals surface area contributed by atoms with Gasteiger partial charge in [-0.3, -0.25) is 14.2 Å². The van der Waals surface area contributed by atoms with E-state index in [0.29, 0.717) is 39.9 Å². The monoisotopic (exact) mass is 439 g/mol. The Morgan fingerprint density at radius 2 is 2.00 bits per heavy atom. The zero-order valence-electron chi connectivity index (χ0n) is 15.9. The maximum Gasteiger partial charge on any atom is 0.262 e. The van der Waals surface area contributed by atoms with Gasteiger partial charge in [0.25, 0.3) is 5.56 Å². The number of fused-ring (bicyclic) bond motifs is 1. The molecular formula is C22H18ClN3O3S. The van der Waals surface area contributed by atoms with Gasteiger partial charge in [-0.15, -0.1) is 0 Å². The summed E-state index contributed by atoms with van der Waals surface area (Å²) in [6, 6.07) is 18.1. The second-order valence-electron chi connectivity index (χ2n) is 6.58. The molecule has 0 aliphatic carbocycles. The average Bonchev–Trinajstić information content (AvgIpc) is 3.27. The van der Waals surface area contributed by atoms with E-state index in [1.165, 1.54) is 11.8 Å². The summed E-state index contributed by atoms with van der Waals surface area (Å²) in [6.07, 6.45) is 1.56. The number of nitrogens with zero attached hydrogens (tertiary/aromatic N) is 2. The first-order chi connectivity index (χ1) is 14.6. The molecule has 2 heterocycles. The van der Waals surface area contributed by atoms with Crippen LogP contribution in [0.1, 0.15) is 11.3 Å². The van der Waals surface area contributed by atoms with Gasteiger partial charge in [0.1, 0.15) is 5.76 Å². The fraction of sp³-hybridized carbons (Fsp3) is 0.136. The van der Waals surface area contributed by atoms with Gasteiger partial charge >= 0.3 is 0 Å². The molecule has 8 heteroatoms. The second-order valence-corrected chi connectivity index (χ2v) is 7.96. The van der Waals surface area contributed by atoms with Crippen LogP contribution in [0.15, 0.2) is 81.3 Å². The first-order valence-electron chi connectivity index (χ1n) is 9.26. The average molecular weight is 440 g/mol. The predicted molar refractivity (Wildman–Crippen MR) is 118 cm³/mol. The van der Waals surface area contributed by atoms with Gasteiger partial charge < -0.3 is 9.73 Å². The van der Waals surface area contributed by atoms with Gasteiger partial charge in [0.05, 0.1) is 36.0 Å². The molecule has 0 unspecified atom stereocenters. The number of halogens is 1. The van der Waals surface area contributed by atoms with E-state index in [-0.39, 0.29) is 17.2 Å². The van der Waals surface area contributed by atoms with E-state index in [1.54, 1.807) is 41.2 Å². The highest BCUT2D eigenvalue weighted by molar-refractivity contribution is 7.99. The highest BCUT2D eigenvalue weighted by Gasteiger charge is 2.14. The van der Waals surface area contributed by atoms with Gasteiger partial charge in [-0.1, -0.05) is 47.6 Å². The normalized spacial score (nSPS) is 11.0. The van der Waals surface area contributed by atoms with E-state index in [0.717, 1.165) is 5.56 Å². The van der Waals surface area contributed by atoms with Crippen molar-refractivity contribution in [1.82, 2.24) is 14.9 Å². The van der Waals surface area contributed by atoms with Crippen LogP contribution < -0.4 is 10.9 Å². The number of thioether (sulfide) groups is 1. The molecular weight excluding hydrogens is 422 g/mol. The van der Waals surface area contributed by atoms with Crippen molar-refractivity contribution >= 4 is 40.2 Å². The van der Waals surface area contributed by atoms with Crippen LogP contribution in [0.3, 0.4) is 0 Å². The van der Waals surface area contributed by atoms with Crippen molar-refractivity contribution in [2.75, 3.05) is 5.75 Å². The van der Waals surface area contributed by atoms with Crippen LogP contribution in [0.5, 0.6) is 0 Å². The third-order valence-electron chi connectivity index (χ3n) is 4.43. The molecule has 4 rings (SSSR count). The standard InChI is InChI=1S/C22H18ClN3O3S/c23-16-6-3-5-15(11-16)13-26-21(28)18-8-1-2-9-19(18)25-22(26)30-14-20(27)24-12-17-7-4-10-29-17/h1-11H,12-14H2,(H,24,27). The van der Waals surface area contributed by atoms with Gasteiger partial charge in [-0.05, 0) is 42.0 Å². The Hall–Kier alpha value is -3.03. The lowest BCUT2D eigenvalue weighted by atomic mass is 10.2. The van der Waals surface area contributed by atoms with Gasteiger partial charge in [0.2, 0.25) is 5.91 Å². The zero-order chi connectivity index (χ0) is 20.9. The number of para-hydroxylation sites is 1. The Balaban J connectivity index is 1.58. The number of benzene rings is 2. The maximum atomic E-state index is 13.1. The number of furan rings is 1. The lowest BCUT2D eigenvalue weighted by Gasteiger charge is -2.13. The molecule has 0 radical (unpaired) electrons. The zero-order valence-corrected chi connectivity index (χ0v) is 17.4. The van der Waals surface area contributed by atoms with Crippen LogP contribution in [0.25, 0.3) is 10.9 Å². The van der Waals surface area contributed by atoms with E-state index >= 15 is 0 Å².